The molecule has 1 fully saturated rings. The first-order valence-electron chi connectivity index (χ1n) is 11.2. The highest BCUT2D eigenvalue weighted by Gasteiger charge is 2.26. The van der Waals surface area contributed by atoms with E-state index >= 15 is 0 Å². The van der Waals surface area contributed by atoms with E-state index in [1.807, 2.05) is 18.2 Å². The number of fused-ring (bicyclic) bond motifs is 1. The summed E-state index contributed by atoms with van der Waals surface area (Å²) in [5.74, 6) is 0.590. The van der Waals surface area contributed by atoms with Crippen LogP contribution in [0.15, 0.2) is 54.7 Å². The zero-order valence-electron chi connectivity index (χ0n) is 17.7. The molecule has 1 aliphatic carbocycles. The number of anilines is 1. The largest absolute Gasteiger partial charge is 0.369 e. The molecule has 2 aromatic carbocycles. The molecule has 2 heterocycles. The number of piperazine rings is 1. The molecule has 0 saturated carbocycles. The predicted molar refractivity (Wildman–Crippen MR) is 129 cm³/mol. The number of halogens is 2. The van der Waals surface area contributed by atoms with Crippen LogP contribution in [0.25, 0.3) is 5.69 Å². The summed E-state index contributed by atoms with van der Waals surface area (Å²) in [4.78, 5) is 5.12. The average molecular weight is 455 g/mol. The summed E-state index contributed by atoms with van der Waals surface area (Å²) in [7, 11) is 0. The molecule has 0 bridgehead atoms. The lowest BCUT2D eigenvalue weighted by Crippen LogP contribution is -2.46. The standard InChI is InChI=1S/C25H28Cl2N4/c26-23-10-9-21(17-24(23)27)31-25-8-4-5-19(22(25)18-28-31)11-12-29-13-15-30(16-14-29)20-6-2-1-3-7-20/h1-3,6-7,9-10,17-19H,4-5,8,11-16H2. The van der Waals surface area contributed by atoms with E-state index in [2.05, 4.69) is 51.0 Å². The van der Waals surface area contributed by atoms with Gasteiger partial charge in [-0.15, -0.1) is 0 Å². The van der Waals surface area contributed by atoms with Crippen molar-refractivity contribution in [2.75, 3.05) is 37.6 Å². The zero-order valence-corrected chi connectivity index (χ0v) is 19.2. The van der Waals surface area contributed by atoms with Crippen molar-refractivity contribution in [3.05, 3.63) is 76.0 Å². The molecule has 0 N–H and O–H groups in total. The molecule has 5 rings (SSSR count). The molecule has 2 aliphatic rings. The van der Waals surface area contributed by atoms with Crippen LogP contribution in [0.3, 0.4) is 0 Å². The summed E-state index contributed by atoms with van der Waals surface area (Å²) >= 11 is 12.3. The molecule has 4 nitrogen and oxygen atoms in total. The van der Waals surface area contributed by atoms with Crippen molar-refractivity contribution in [3.63, 3.8) is 0 Å². The maximum Gasteiger partial charge on any atom is 0.0664 e. The number of aromatic nitrogens is 2. The molecule has 1 saturated heterocycles. The highest BCUT2D eigenvalue weighted by atomic mass is 35.5. The van der Waals surface area contributed by atoms with Gasteiger partial charge in [-0.2, -0.15) is 5.10 Å². The Hall–Kier alpha value is -2.01. The maximum absolute atomic E-state index is 6.25. The second-order valence-corrected chi connectivity index (χ2v) is 9.41. The zero-order chi connectivity index (χ0) is 21.2. The van der Waals surface area contributed by atoms with Crippen molar-refractivity contribution in [3.8, 4) is 5.69 Å². The van der Waals surface area contributed by atoms with Crippen molar-refractivity contribution in [1.82, 2.24) is 14.7 Å². The number of hydrogen-bond donors (Lipinski definition) is 0. The Morgan fingerprint density at radius 3 is 2.48 bits per heavy atom. The molecule has 1 aromatic heterocycles. The minimum Gasteiger partial charge on any atom is -0.369 e. The summed E-state index contributed by atoms with van der Waals surface area (Å²) in [5.41, 5.74) is 5.09. The Morgan fingerprint density at radius 2 is 1.71 bits per heavy atom. The van der Waals surface area contributed by atoms with Crippen molar-refractivity contribution in [1.29, 1.82) is 0 Å². The van der Waals surface area contributed by atoms with E-state index in [0.717, 1.165) is 44.8 Å². The van der Waals surface area contributed by atoms with E-state index in [-0.39, 0.29) is 0 Å². The second kappa shape index (κ2) is 9.23. The fraction of sp³-hybridized carbons (Fsp3) is 0.400. The summed E-state index contributed by atoms with van der Waals surface area (Å²) in [6, 6.07) is 16.5. The molecule has 0 spiro atoms. The van der Waals surface area contributed by atoms with Gasteiger partial charge in [0.15, 0.2) is 0 Å². The molecule has 3 aromatic rings. The molecule has 0 amide bonds. The topological polar surface area (TPSA) is 24.3 Å². The van der Waals surface area contributed by atoms with Gasteiger partial charge in [-0.3, -0.25) is 4.90 Å². The molecular formula is C25H28Cl2N4. The van der Waals surface area contributed by atoms with Gasteiger partial charge in [0.2, 0.25) is 0 Å². The first-order chi connectivity index (χ1) is 15.2. The van der Waals surface area contributed by atoms with E-state index in [1.165, 1.54) is 36.2 Å². The monoisotopic (exact) mass is 454 g/mol. The van der Waals surface area contributed by atoms with E-state index in [4.69, 9.17) is 28.3 Å². The molecule has 162 valence electrons. The molecule has 1 atom stereocenters. The minimum absolute atomic E-state index is 0.574. The molecule has 1 unspecified atom stereocenters. The van der Waals surface area contributed by atoms with E-state index in [1.54, 1.807) is 0 Å². The van der Waals surface area contributed by atoms with Crippen molar-refractivity contribution in [2.24, 2.45) is 0 Å². The Labute approximate surface area is 194 Å². The van der Waals surface area contributed by atoms with Crippen molar-refractivity contribution >= 4 is 28.9 Å². The van der Waals surface area contributed by atoms with E-state index in [0.29, 0.717) is 16.0 Å². The van der Waals surface area contributed by atoms with Crippen LogP contribution in [0, 0.1) is 0 Å². The van der Waals surface area contributed by atoms with Crippen LogP contribution in [0.2, 0.25) is 10.0 Å². The molecule has 31 heavy (non-hydrogen) atoms. The number of rotatable bonds is 5. The van der Waals surface area contributed by atoms with Gasteiger partial charge in [-0.1, -0.05) is 41.4 Å². The van der Waals surface area contributed by atoms with Gasteiger partial charge in [-0.25, -0.2) is 4.68 Å². The first kappa shape index (κ1) is 20.9. The maximum atomic E-state index is 6.25. The van der Waals surface area contributed by atoms with Gasteiger partial charge in [0.1, 0.15) is 0 Å². The molecule has 0 radical (unpaired) electrons. The third-order valence-electron chi connectivity index (χ3n) is 6.74. The highest BCUT2D eigenvalue weighted by molar-refractivity contribution is 6.42. The van der Waals surface area contributed by atoms with Gasteiger partial charge in [0, 0.05) is 37.6 Å². The van der Waals surface area contributed by atoms with Crippen LogP contribution in [-0.4, -0.2) is 47.4 Å². The Bertz CT molecular complexity index is 1030. The van der Waals surface area contributed by atoms with E-state index < -0.39 is 0 Å². The van der Waals surface area contributed by atoms with Crippen LogP contribution in [0.5, 0.6) is 0 Å². The minimum atomic E-state index is 0.574. The Morgan fingerprint density at radius 1 is 0.903 bits per heavy atom. The van der Waals surface area contributed by atoms with Crippen LogP contribution in [0.4, 0.5) is 5.69 Å². The fourth-order valence-electron chi connectivity index (χ4n) is 5.00. The second-order valence-electron chi connectivity index (χ2n) is 8.60. The number of hydrogen-bond acceptors (Lipinski definition) is 3. The van der Waals surface area contributed by atoms with Gasteiger partial charge in [-0.05, 0) is 74.0 Å². The quantitative estimate of drug-likeness (QED) is 0.485. The molecule has 6 heteroatoms. The summed E-state index contributed by atoms with van der Waals surface area (Å²) < 4.78 is 2.06. The fourth-order valence-corrected chi connectivity index (χ4v) is 5.29. The van der Waals surface area contributed by atoms with Gasteiger partial charge in [0.25, 0.3) is 0 Å². The van der Waals surface area contributed by atoms with Crippen LogP contribution in [0.1, 0.15) is 36.4 Å². The predicted octanol–water partition coefficient (Wildman–Crippen LogP) is 5.81. The van der Waals surface area contributed by atoms with Crippen molar-refractivity contribution < 1.29 is 0 Å². The number of benzene rings is 2. The average Bonchev–Trinajstić information content (AvgIpc) is 3.25. The molecule has 1 aliphatic heterocycles. The van der Waals surface area contributed by atoms with E-state index in [9.17, 15) is 0 Å². The first-order valence-corrected chi connectivity index (χ1v) is 12.0. The lowest BCUT2D eigenvalue weighted by molar-refractivity contribution is 0.245. The SMILES string of the molecule is Clc1ccc(-n2ncc3c2CCCC3CCN2CCN(c3ccccc3)CC2)cc1Cl. The summed E-state index contributed by atoms with van der Waals surface area (Å²) in [6.07, 6.45) is 6.82. The van der Waals surface area contributed by atoms with Crippen LogP contribution in [-0.2, 0) is 6.42 Å². The van der Waals surface area contributed by atoms with Crippen LogP contribution >= 0.6 is 23.2 Å². The smallest absolute Gasteiger partial charge is 0.0664 e. The van der Waals surface area contributed by atoms with Gasteiger partial charge < -0.3 is 4.90 Å². The normalized spacial score (nSPS) is 19.4. The summed E-state index contributed by atoms with van der Waals surface area (Å²) in [6.45, 7) is 5.64. The summed E-state index contributed by atoms with van der Waals surface area (Å²) in [5, 5.41) is 5.88. The third kappa shape index (κ3) is 4.48. The van der Waals surface area contributed by atoms with Crippen LogP contribution < -0.4 is 4.90 Å². The number of nitrogens with zero attached hydrogens (tertiary/aromatic N) is 4. The Balaban J connectivity index is 1.22. The van der Waals surface area contributed by atoms with Gasteiger partial charge >= 0.3 is 0 Å². The molecular weight excluding hydrogens is 427 g/mol. The number of para-hydroxylation sites is 1. The lowest BCUT2D eigenvalue weighted by Gasteiger charge is -2.37. The third-order valence-corrected chi connectivity index (χ3v) is 7.48. The van der Waals surface area contributed by atoms with Gasteiger partial charge in [0.05, 0.1) is 21.9 Å². The lowest BCUT2D eigenvalue weighted by atomic mass is 9.84. The van der Waals surface area contributed by atoms with Crippen molar-refractivity contribution in [2.45, 2.75) is 31.6 Å². The highest BCUT2D eigenvalue weighted by Crippen LogP contribution is 2.36. The Kier molecular flexibility index (Phi) is 6.22.